The van der Waals surface area contributed by atoms with Crippen LogP contribution in [-0.4, -0.2) is 46.4 Å². The Morgan fingerprint density at radius 1 is 0.912 bits per heavy atom. The molecule has 8 rings (SSSR count). The minimum Gasteiger partial charge on any atom is -0.489 e. The van der Waals surface area contributed by atoms with Gasteiger partial charge in [-0.3, -0.25) is 14.5 Å². The van der Waals surface area contributed by atoms with Crippen LogP contribution in [0.3, 0.4) is 0 Å². The van der Waals surface area contributed by atoms with Crippen LogP contribution in [0.2, 0.25) is 10.0 Å². The molecule has 57 heavy (non-hydrogen) atoms. The van der Waals surface area contributed by atoms with Gasteiger partial charge in [0.2, 0.25) is 12.0 Å². The smallest absolute Gasteiger partial charge is 0.326 e. The van der Waals surface area contributed by atoms with Gasteiger partial charge in [-0.2, -0.15) is 5.26 Å². The van der Waals surface area contributed by atoms with Gasteiger partial charge in [-0.05, 0) is 107 Å². The average molecular weight is 802 g/mol. The van der Waals surface area contributed by atoms with Gasteiger partial charge in [0.05, 0.1) is 33.4 Å². The number of halogens is 2. The summed E-state index contributed by atoms with van der Waals surface area (Å²) in [5.74, 6) is -0.122. The number of carboxylic acid groups (broad SMARTS) is 1. The molecule has 10 nitrogen and oxygen atoms in total. The Morgan fingerprint density at radius 2 is 1.61 bits per heavy atom. The van der Waals surface area contributed by atoms with E-state index in [1.807, 2.05) is 54.6 Å². The number of nitrogens with one attached hydrogen (secondary N) is 2. The van der Waals surface area contributed by atoms with Crippen molar-refractivity contribution in [2.45, 2.75) is 57.0 Å². The second kappa shape index (κ2) is 16.3. The van der Waals surface area contributed by atoms with E-state index in [0.717, 1.165) is 52.8 Å². The molecule has 3 atom stereocenters. The summed E-state index contributed by atoms with van der Waals surface area (Å²) >= 11 is 12.2. The maximum atomic E-state index is 14.0. The van der Waals surface area contributed by atoms with E-state index in [9.17, 15) is 19.5 Å². The molecule has 0 radical (unpaired) electrons. The van der Waals surface area contributed by atoms with Crippen LogP contribution < -0.4 is 20.1 Å². The highest BCUT2D eigenvalue weighted by atomic mass is 35.5. The maximum Gasteiger partial charge on any atom is 0.326 e. The summed E-state index contributed by atoms with van der Waals surface area (Å²) in [5, 5.41) is 26.0. The zero-order valence-corrected chi connectivity index (χ0v) is 32.2. The van der Waals surface area contributed by atoms with Crippen LogP contribution in [-0.2, 0) is 40.4 Å². The van der Waals surface area contributed by atoms with Crippen molar-refractivity contribution in [1.82, 2.24) is 10.2 Å². The molecule has 3 N–H and O–H groups in total. The molecular weight excluding hydrogens is 763 g/mol. The topological polar surface area (TPSA) is 141 Å². The fourth-order valence-corrected chi connectivity index (χ4v) is 7.68. The minimum atomic E-state index is -1.13. The number of fused-ring (bicyclic) bond motifs is 2. The van der Waals surface area contributed by atoms with Crippen molar-refractivity contribution in [3.05, 3.63) is 147 Å². The van der Waals surface area contributed by atoms with E-state index < -0.39 is 24.2 Å². The van der Waals surface area contributed by atoms with Gasteiger partial charge in [-0.25, -0.2) is 4.79 Å². The molecule has 5 aromatic carbocycles. The van der Waals surface area contributed by atoms with Crippen LogP contribution in [0.15, 0.2) is 103 Å². The van der Waals surface area contributed by atoms with Gasteiger partial charge in [0.1, 0.15) is 24.1 Å². The molecule has 1 saturated carbocycles. The summed E-state index contributed by atoms with van der Waals surface area (Å²) in [4.78, 5) is 41.9. The third kappa shape index (κ3) is 8.76. The Hall–Kier alpha value is -5.86. The molecule has 0 aromatic heterocycles. The Bertz CT molecular complexity index is 2380. The third-order valence-corrected chi connectivity index (χ3v) is 11.4. The molecule has 1 unspecified atom stereocenters. The summed E-state index contributed by atoms with van der Waals surface area (Å²) in [7, 11) is 0. The standard InChI is InChI=1S/C45H38Cl2N4O6/c46-36-16-7-29(17-37(36)47)25-56-35-14-12-32(13-15-35)42-44(53)49-38-19-33-20-40(51(23-28-1-2-28)24-34(33)21-41(38)57-42)43(52)50-39(45(54)55)18-26-3-8-30(9-4-26)31-10-5-27(22-48)6-11-31/h3-17,19,21,28,39-40,42H,1-2,18,20,23-25H2,(H,49,53)(H,50,52)(H,54,55)/t39-,40?,42-/m0/s1. The Balaban J connectivity index is 0.937. The zero-order chi connectivity index (χ0) is 39.6. The molecular formula is C45H38Cl2N4O6. The molecule has 0 spiro atoms. The van der Waals surface area contributed by atoms with Crippen LogP contribution in [0.1, 0.15) is 52.3 Å². The SMILES string of the molecule is N#Cc1ccc(-c2ccc(C[C@H](NC(=O)C3Cc4cc5c(cc4CN3CC3CC3)O[C@@H](c3ccc(OCc4ccc(Cl)c(Cl)c4)cc3)C(=O)N5)C(=O)O)cc2)cc1. The van der Waals surface area contributed by atoms with Crippen LogP contribution in [0.25, 0.3) is 11.1 Å². The monoisotopic (exact) mass is 800 g/mol. The first-order valence-corrected chi connectivity index (χ1v) is 19.5. The van der Waals surface area contributed by atoms with Crippen molar-refractivity contribution in [3.8, 4) is 28.7 Å². The number of aliphatic carboxylic acids is 1. The summed E-state index contributed by atoms with van der Waals surface area (Å²) < 4.78 is 12.2. The van der Waals surface area contributed by atoms with E-state index in [0.29, 0.717) is 63.8 Å². The average Bonchev–Trinajstić information content (AvgIpc) is 4.04. The van der Waals surface area contributed by atoms with E-state index >= 15 is 0 Å². The predicted octanol–water partition coefficient (Wildman–Crippen LogP) is 8.13. The lowest BCUT2D eigenvalue weighted by Gasteiger charge is -2.37. The highest BCUT2D eigenvalue weighted by molar-refractivity contribution is 6.42. The van der Waals surface area contributed by atoms with Crippen molar-refractivity contribution < 1.29 is 29.0 Å². The second-order valence-corrected chi connectivity index (χ2v) is 15.6. The number of benzene rings is 5. The fourth-order valence-electron chi connectivity index (χ4n) is 7.36. The van der Waals surface area contributed by atoms with Gasteiger partial charge < -0.3 is 25.2 Å². The first-order chi connectivity index (χ1) is 27.6. The molecule has 2 aliphatic heterocycles. The highest BCUT2D eigenvalue weighted by Gasteiger charge is 2.38. The lowest BCUT2D eigenvalue weighted by Crippen LogP contribution is -2.54. The van der Waals surface area contributed by atoms with Gasteiger partial charge >= 0.3 is 5.97 Å². The normalized spacial score (nSPS) is 17.9. The number of rotatable bonds is 12. The minimum absolute atomic E-state index is 0.118. The number of hydrogen-bond donors (Lipinski definition) is 3. The van der Waals surface area contributed by atoms with Gasteiger partial charge in [-0.1, -0.05) is 77.8 Å². The molecule has 0 saturated heterocycles. The molecule has 288 valence electrons. The Labute approximate surface area is 339 Å². The van der Waals surface area contributed by atoms with E-state index in [1.54, 1.807) is 48.5 Å². The summed E-state index contributed by atoms with van der Waals surface area (Å²) in [6.45, 7) is 1.51. The number of ether oxygens (including phenoxy) is 2. The van der Waals surface area contributed by atoms with Crippen LogP contribution in [0.5, 0.6) is 11.5 Å². The zero-order valence-electron chi connectivity index (χ0n) is 30.7. The van der Waals surface area contributed by atoms with Crippen LogP contribution >= 0.6 is 23.2 Å². The number of carbonyl (C=O) groups is 3. The Kier molecular flexibility index (Phi) is 10.9. The van der Waals surface area contributed by atoms with Gasteiger partial charge in [0.15, 0.2) is 0 Å². The number of anilines is 1. The third-order valence-electron chi connectivity index (χ3n) is 10.7. The lowest BCUT2D eigenvalue weighted by atomic mass is 9.91. The fraction of sp³-hybridized carbons (Fsp3) is 0.244. The number of carboxylic acids is 1. The second-order valence-electron chi connectivity index (χ2n) is 14.8. The van der Waals surface area contributed by atoms with E-state index in [4.69, 9.17) is 37.9 Å². The number of carbonyl (C=O) groups excluding carboxylic acids is 2. The van der Waals surface area contributed by atoms with Gasteiger partial charge in [0, 0.05) is 25.1 Å². The maximum absolute atomic E-state index is 14.0. The molecule has 1 fully saturated rings. The summed E-state index contributed by atoms with van der Waals surface area (Å²) in [5.41, 5.74) is 7.19. The van der Waals surface area contributed by atoms with E-state index in [-0.39, 0.29) is 18.2 Å². The molecule has 2 amide bonds. The van der Waals surface area contributed by atoms with E-state index in [2.05, 4.69) is 21.6 Å². The number of amides is 2. The van der Waals surface area contributed by atoms with Crippen molar-refractivity contribution in [3.63, 3.8) is 0 Å². The molecule has 0 bridgehead atoms. The predicted molar refractivity (Wildman–Crippen MR) is 216 cm³/mol. The molecule has 2 heterocycles. The van der Waals surface area contributed by atoms with Crippen molar-refractivity contribution in [1.29, 1.82) is 5.26 Å². The van der Waals surface area contributed by atoms with E-state index in [1.165, 1.54) is 0 Å². The number of nitriles is 1. The largest absolute Gasteiger partial charge is 0.489 e. The molecule has 3 aliphatic rings. The van der Waals surface area contributed by atoms with Gasteiger partial charge in [-0.15, -0.1) is 0 Å². The molecule has 1 aliphatic carbocycles. The van der Waals surface area contributed by atoms with Crippen molar-refractivity contribution in [2.24, 2.45) is 5.92 Å². The first kappa shape index (κ1) is 38.0. The summed E-state index contributed by atoms with van der Waals surface area (Å²) in [6, 6.07) is 31.5. The number of nitrogens with zero attached hydrogens (tertiary/aromatic N) is 2. The quantitative estimate of drug-likeness (QED) is 0.115. The molecule has 5 aromatic rings. The van der Waals surface area contributed by atoms with Gasteiger partial charge in [0.25, 0.3) is 5.91 Å². The van der Waals surface area contributed by atoms with Crippen molar-refractivity contribution in [2.75, 3.05) is 11.9 Å². The van der Waals surface area contributed by atoms with Crippen molar-refractivity contribution >= 4 is 46.7 Å². The molecule has 12 heteroatoms. The van der Waals surface area contributed by atoms with Crippen LogP contribution in [0.4, 0.5) is 5.69 Å². The Morgan fingerprint density at radius 3 is 2.28 bits per heavy atom. The van der Waals surface area contributed by atoms with Crippen LogP contribution in [0, 0.1) is 17.2 Å². The number of hydrogen-bond acceptors (Lipinski definition) is 7. The highest BCUT2D eigenvalue weighted by Crippen LogP contribution is 2.41. The first-order valence-electron chi connectivity index (χ1n) is 18.8. The lowest BCUT2D eigenvalue weighted by molar-refractivity contribution is -0.142. The summed E-state index contributed by atoms with van der Waals surface area (Å²) in [6.07, 6.45) is 1.79.